The maximum Gasteiger partial charge on any atom is 0.412 e. The van der Waals surface area contributed by atoms with Crippen LogP contribution >= 0.6 is 0 Å². The summed E-state index contributed by atoms with van der Waals surface area (Å²) in [7, 11) is 0. The van der Waals surface area contributed by atoms with Gasteiger partial charge in [-0.3, -0.25) is 19.5 Å². The highest BCUT2D eigenvalue weighted by atomic mass is 19.1. The fraction of sp³-hybridized carbons (Fsp3) is 0.321. The third kappa shape index (κ3) is 7.57. The first-order valence-electron chi connectivity index (χ1n) is 12.2. The second-order valence-electron chi connectivity index (χ2n) is 9.96. The van der Waals surface area contributed by atoms with Crippen molar-refractivity contribution in [2.75, 3.05) is 5.32 Å². The molecule has 0 radical (unpaired) electrons. The number of rotatable bonds is 9. The maximum absolute atomic E-state index is 13.8. The number of carbonyl (C=O) groups excluding carboxylic acids is 3. The van der Waals surface area contributed by atoms with Gasteiger partial charge in [-0.05, 0) is 45.4 Å². The first-order valence-corrected chi connectivity index (χ1v) is 12.2. The molecule has 0 aliphatic heterocycles. The summed E-state index contributed by atoms with van der Waals surface area (Å²) in [5.74, 6) is -1.95. The molecule has 10 nitrogen and oxygen atoms in total. The van der Waals surface area contributed by atoms with E-state index >= 15 is 0 Å². The molecule has 3 rings (SSSR count). The van der Waals surface area contributed by atoms with Crippen LogP contribution in [0.3, 0.4) is 0 Å². The quantitative estimate of drug-likeness (QED) is 0.377. The van der Waals surface area contributed by atoms with Crippen LogP contribution in [0, 0.1) is 5.82 Å². The Hall–Kier alpha value is -4.38. The molecule has 206 valence electrons. The highest BCUT2D eigenvalue weighted by Gasteiger charge is 2.41. The van der Waals surface area contributed by atoms with Crippen LogP contribution in [0.4, 0.5) is 14.9 Å². The highest BCUT2D eigenvalue weighted by Crippen LogP contribution is 2.27. The Labute approximate surface area is 224 Å². The van der Waals surface area contributed by atoms with Gasteiger partial charge >= 0.3 is 6.09 Å². The molecule has 0 saturated heterocycles. The number of anilines is 1. The molecule has 2 amide bonds. The summed E-state index contributed by atoms with van der Waals surface area (Å²) in [5, 5.41) is 16.7. The number of ether oxygens (including phenoxy) is 1. The Morgan fingerprint density at radius 3 is 2.38 bits per heavy atom. The van der Waals surface area contributed by atoms with Crippen molar-refractivity contribution in [3.05, 3.63) is 82.5 Å². The van der Waals surface area contributed by atoms with E-state index in [-0.39, 0.29) is 30.3 Å². The largest absolute Gasteiger partial charge is 0.444 e. The van der Waals surface area contributed by atoms with Gasteiger partial charge in [-0.15, -0.1) is 0 Å². The first kappa shape index (κ1) is 29.2. The molecule has 0 spiro atoms. The van der Waals surface area contributed by atoms with Crippen molar-refractivity contribution in [1.29, 1.82) is 0 Å². The Balaban J connectivity index is 2.13. The van der Waals surface area contributed by atoms with Gasteiger partial charge < -0.3 is 20.0 Å². The standard InChI is InChI=1S/C28H31FN4O6/c1-18(34)13-14-28(38,25(36)31-16-19-9-8-12-21(29)15-19)33-23(20-10-6-5-7-11-20)30-17-22(24(33)35)32-26(37)39-27(2,3)4/h5-12,15,17,38H,13-14,16H2,1-4H3,(H,31,36)(H,32,37). The Bertz CT molecular complexity index is 1420. The highest BCUT2D eigenvalue weighted by molar-refractivity contribution is 5.86. The van der Waals surface area contributed by atoms with Crippen molar-refractivity contribution < 1.29 is 28.6 Å². The Morgan fingerprint density at radius 1 is 1.08 bits per heavy atom. The predicted molar refractivity (Wildman–Crippen MR) is 142 cm³/mol. The van der Waals surface area contributed by atoms with E-state index in [1.807, 2.05) is 0 Å². The van der Waals surface area contributed by atoms with E-state index in [1.54, 1.807) is 57.2 Å². The van der Waals surface area contributed by atoms with E-state index in [4.69, 9.17) is 4.74 Å². The Kier molecular flexibility index (Phi) is 8.97. The number of nitrogens with zero attached hydrogens (tertiary/aromatic N) is 2. The number of halogens is 1. The number of carbonyl (C=O) groups is 3. The minimum atomic E-state index is -2.61. The number of aromatic nitrogens is 2. The van der Waals surface area contributed by atoms with Gasteiger partial charge in [0.2, 0.25) is 5.72 Å². The van der Waals surface area contributed by atoms with Crippen molar-refractivity contribution in [3.8, 4) is 11.4 Å². The first-order chi connectivity index (χ1) is 18.3. The number of benzene rings is 2. The minimum absolute atomic E-state index is 0.0812. The van der Waals surface area contributed by atoms with Crippen molar-refractivity contribution >= 4 is 23.5 Å². The zero-order valence-electron chi connectivity index (χ0n) is 22.2. The van der Waals surface area contributed by atoms with Gasteiger partial charge in [0.1, 0.15) is 28.7 Å². The summed E-state index contributed by atoms with van der Waals surface area (Å²) in [4.78, 5) is 55.9. The van der Waals surface area contributed by atoms with Crippen molar-refractivity contribution in [1.82, 2.24) is 14.9 Å². The van der Waals surface area contributed by atoms with Crippen LogP contribution in [0.25, 0.3) is 11.4 Å². The zero-order chi connectivity index (χ0) is 28.8. The van der Waals surface area contributed by atoms with Crippen molar-refractivity contribution in [2.24, 2.45) is 0 Å². The summed E-state index contributed by atoms with van der Waals surface area (Å²) >= 11 is 0. The van der Waals surface area contributed by atoms with Crippen LogP contribution in [-0.4, -0.2) is 38.0 Å². The molecule has 2 aromatic carbocycles. The van der Waals surface area contributed by atoms with Gasteiger partial charge in [0.05, 0.1) is 6.20 Å². The number of aliphatic hydroxyl groups is 1. The molecular formula is C28H31FN4O6. The third-order valence-electron chi connectivity index (χ3n) is 5.53. The molecular weight excluding hydrogens is 507 g/mol. The normalized spacial score (nSPS) is 12.8. The van der Waals surface area contributed by atoms with E-state index < -0.39 is 41.1 Å². The van der Waals surface area contributed by atoms with Gasteiger partial charge in [-0.1, -0.05) is 42.5 Å². The lowest BCUT2D eigenvalue weighted by Crippen LogP contribution is -2.54. The summed E-state index contributed by atoms with van der Waals surface area (Å²) < 4.78 is 19.6. The molecule has 0 fully saturated rings. The number of Topliss-reactive ketones (excluding diaryl/α,β-unsaturated/α-hetero) is 1. The average molecular weight is 539 g/mol. The number of ketones is 1. The van der Waals surface area contributed by atoms with Crippen LogP contribution in [0.5, 0.6) is 0 Å². The fourth-order valence-electron chi connectivity index (χ4n) is 3.74. The monoisotopic (exact) mass is 538 g/mol. The second-order valence-corrected chi connectivity index (χ2v) is 9.96. The molecule has 0 aliphatic rings. The molecule has 1 heterocycles. The Morgan fingerprint density at radius 2 is 1.77 bits per heavy atom. The summed E-state index contributed by atoms with van der Waals surface area (Å²) in [6.07, 6.45) is -0.576. The van der Waals surface area contributed by atoms with E-state index in [9.17, 15) is 28.7 Å². The zero-order valence-corrected chi connectivity index (χ0v) is 22.2. The van der Waals surface area contributed by atoms with Crippen molar-refractivity contribution in [3.63, 3.8) is 0 Å². The second kappa shape index (κ2) is 12.0. The lowest BCUT2D eigenvalue weighted by molar-refractivity contribution is -0.153. The molecule has 39 heavy (non-hydrogen) atoms. The summed E-state index contributed by atoms with van der Waals surface area (Å²) in [5.41, 5.74) is -3.99. The van der Waals surface area contributed by atoms with E-state index in [2.05, 4.69) is 15.6 Å². The molecule has 0 saturated carbocycles. The molecule has 11 heteroatoms. The van der Waals surface area contributed by atoms with Crippen molar-refractivity contribution in [2.45, 2.75) is 58.4 Å². The van der Waals surface area contributed by atoms with E-state index in [0.717, 1.165) is 10.8 Å². The molecule has 3 aromatic rings. The number of hydrogen-bond donors (Lipinski definition) is 3. The van der Waals surface area contributed by atoms with Gasteiger partial charge in [-0.25, -0.2) is 14.2 Å². The van der Waals surface area contributed by atoms with E-state index in [1.165, 1.54) is 25.1 Å². The molecule has 1 unspecified atom stereocenters. The predicted octanol–water partition coefficient (Wildman–Crippen LogP) is 3.73. The maximum atomic E-state index is 13.8. The molecule has 1 aromatic heterocycles. The number of nitrogens with one attached hydrogen (secondary N) is 2. The van der Waals surface area contributed by atoms with Crippen LogP contribution in [0.15, 0.2) is 65.6 Å². The molecule has 3 N–H and O–H groups in total. The third-order valence-corrected chi connectivity index (χ3v) is 5.53. The molecule has 1 atom stereocenters. The van der Waals surface area contributed by atoms with E-state index in [0.29, 0.717) is 11.1 Å². The molecule has 0 bridgehead atoms. The summed E-state index contributed by atoms with van der Waals surface area (Å²) in [6, 6.07) is 13.8. The lowest BCUT2D eigenvalue weighted by Gasteiger charge is -2.31. The minimum Gasteiger partial charge on any atom is -0.444 e. The van der Waals surface area contributed by atoms with Crippen LogP contribution in [0.1, 0.15) is 46.1 Å². The van der Waals surface area contributed by atoms with Gasteiger partial charge in [0, 0.05) is 24.9 Å². The lowest BCUT2D eigenvalue weighted by atomic mass is 10.0. The SMILES string of the molecule is CC(=O)CCC(O)(C(=O)NCc1cccc(F)c1)n1c(-c2ccccc2)ncc(NC(=O)OC(C)(C)C)c1=O. The van der Waals surface area contributed by atoms with Crippen LogP contribution in [0.2, 0.25) is 0 Å². The fourth-order valence-corrected chi connectivity index (χ4v) is 3.74. The molecule has 0 aliphatic carbocycles. The van der Waals surface area contributed by atoms with Crippen LogP contribution < -0.4 is 16.2 Å². The smallest absolute Gasteiger partial charge is 0.412 e. The van der Waals surface area contributed by atoms with Gasteiger partial charge in [0.15, 0.2) is 0 Å². The topological polar surface area (TPSA) is 140 Å². The summed E-state index contributed by atoms with van der Waals surface area (Å²) in [6.45, 7) is 6.05. The average Bonchev–Trinajstić information content (AvgIpc) is 2.86. The number of hydrogen-bond acceptors (Lipinski definition) is 7. The van der Waals surface area contributed by atoms with Gasteiger partial charge in [-0.2, -0.15) is 0 Å². The van der Waals surface area contributed by atoms with Crippen LogP contribution in [-0.2, 0) is 26.6 Å². The number of amides is 2. The van der Waals surface area contributed by atoms with Gasteiger partial charge in [0.25, 0.3) is 11.5 Å².